The number of rotatable bonds is 2. The maximum atomic E-state index is 9.96. The first kappa shape index (κ1) is 18.0. The third kappa shape index (κ3) is 2.64. The molecule has 1 aliphatic rings. The lowest BCUT2D eigenvalue weighted by Gasteiger charge is -2.25. The summed E-state index contributed by atoms with van der Waals surface area (Å²) in [4.78, 5) is 4.47. The molecule has 30 heavy (non-hydrogen) atoms. The molecule has 3 heterocycles. The first-order chi connectivity index (χ1) is 14.6. The number of para-hydroxylation sites is 1. The van der Waals surface area contributed by atoms with Gasteiger partial charge in [-0.25, -0.2) is 0 Å². The average Bonchev–Trinajstić information content (AvgIpc) is 3.17. The molecule has 0 saturated carbocycles. The summed E-state index contributed by atoms with van der Waals surface area (Å²) in [5, 5.41) is 18.4. The molecule has 1 atom stereocenters. The van der Waals surface area contributed by atoms with Gasteiger partial charge in [0.25, 0.3) is 0 Å². The minimum Gasteiger partial charge on any atom is -0.420 e. The van der Waals surface area contributed by atoms with E-state index in [0.29, 0.717) is 11.5 Å². The highest BCUT2D eigenvalue weighted by Crippen LogP contribution is 2.47. The molecule has 0 fully saturated rings. The standard InChI is InChI=1S/C24H19N5O/c1-13-7-8-15(11-14(13)2)22-21-20(18(12-25)23(26)30-24(21)29-28-22)17-9-10-27-19-6-4-3-5-16(17)19/h3-11,20H,26H2,1-2H3,(H,28,29). The SMILES string of the molecule is Cc1ccc(-c2[nH]nc3c2C(c2ccnc4ccccc24)C(C#N)=C(N)O3)cc1C. The van der Waals surface area contributed by atoms with Crippen LogP contribution in [0.5, 0.6) is 5.88 Å². The monoisotopic (exact) mass is 393 g/mol. The fraction of sp³-hybridized carbons (Fsp3) is 0.125. The van der Waals surface area contributed by atoms with Crippen molar-refractivity contribution in [2.24, 2.45) is 5.73 Å². The molecular formula is C24H19N5O. The number of nitrogens with zero attached hydrogens (tertiary/aromatic N) is 3. The summed E-state index contributed by atoms with van der Waals surface area (Å²) in [6.07, 6.45) is 1.76. The quantitative estimate of drug-likeness (QED) is 0.524. The number of hydrogen-bond donors (Lipinski definition) is 2. The number of allylic oxidation sites excluding steroid dienone is 1. The topological polar surface area (TPSA) is 101 Å². The molecule has 0 saturated heterocycles. The third-order valence-electron chi connectivity index (χ3n) is 5.73. The predicted molar refractivity (Wildman–Crippen MR) is 115 cm³/mol. The van der Waals surface area contributed by atoms with E-state index in [1.807, 2.05) is 36.4 Å². The second-order valence-corrected chi connectivity index (χ2v) is 7.46. The number of aromatic nitrogens is 3. The maximum absolute atomic E-state index is 9.96. The van der Waals surface area contributed by atoms with Crippen LogP contribution in [0.15, 0.2) is 66.2 Å². The van der Waals surface area contributed by atoms with Gasteiger partial charge < -0.3 is 10.5 Å². The number of ether oxygens (including phenoxy) is 1. The van der Waals surface area contributed by atoms with E-state index in [0.717, 1.165) is 33.3 Å². The van der Waals surface area contributed by atoms with Crippen LogP contribution in [0, 0.1) is 25.2 Å². The Morgan fingerprint density at radius 3 is 2.73 bits per heavy atom. The van der Waals surface area contributed by atoms with Crippen molar-refractivity contribution in [2.75, 3.05) is 0 Å². The molecule has 2 aromatic heterocycles. The predicted octanol–water partition coefficient (Wildman–Crippen LogP) is 4.46. The Kier molecular flexibility index (Phi) is 4.04. The van der Waals surface area contributed by atoms with Crippen molar-refractivity contribution < 1.29 is 4.74 Å². The number of fused-ring (bicyclic) bond motifs is 2. The molecule has 0 radical (unpaired) electrons. The van der Waals surface area contributed by atoms with Crippen molar-refractivity contribution in [2.45, 2.75) is 19.8 Å². The summed E-state index contributed by atoms with van der Waals surface area (Å²) < 4.78 is 5.73. The summed E-state index contributed by atoms with van der Waals surface area (Å²) in [7, 11) is 0. The van der Waals surface area contributed by atoms with Gasteiger partial charge in [-0.1, -0.05) is 30.3 Å². The highest BCUT2D eigenvalue weighted by Gasteiger charge is 2.36. The number of aromatic amines is 1. The van der Waals surface area contributed by atoms with Crippen LogP contribution >= 0.6 is 0 Å². The van der Waals surface area contributed by atoms with Crippen LogP contribution in [-0.4, -0.2) is 15.2 Å². The second-order valence-electron chi connectivity index (χ2n) is 7.46. The van der Waals surface area contributed by atoms with E-state index in [1.54, 1.807) is 6.20 Å². The van der Waals surface area contributed by atoms with E-state index >= 15 is 0 Å². The van der Waals surface area contributed by atoms with Gasteiger partial charge in [0.2, 0.25) is 11.8 Å². The van der Waals surface area contributed by atoms with Crippen LogP contribution in [0.4, 0.5) is 0 Å². The van der Waals surface area contributed by atoms with Crippen molar-refractivity contribution in [3.05, 3.63) is 88.4 Å². The zero-order chi connectivity index (χ0) is 20.8. The number of H-pyrrole nitrogens is 1. The number of nitrogens with two attached hydrogens (primary N) is 1. The Morgan fingerprint density at radius 1 is 1.10 bits per heavy atom. The Hall–Kier alpha value is -4.11. The van der Waals surface area contributed by atoms with Crippen LogP contribution in [0.3, 0.4) is 0 Å². The minimum atomic E-state index is -0.415. The fourth-order valence-corrected chi connectivity index (χ4v) is 4.04. The number of benzene rings is 2. The fourth-order valence-electron chi connectivity index (χ4n) is 4.04. The van der Waals surface area contributed by atoms with E-state index in [1.165, 1.54) is 11.1 Å². The number of nitriles is 1. The van der Waals surface area contributed by atoms with Gasteiger partial charge in [0.1, 0.15) is 11.6 Å². The normalized spacial score (nSPS) is 15.6. The largest absolute Gasteiger partial charge is 0.420 e. The Labute approximate surface area is 173 Å². The molecule has 146 valence electrons. The van der Waals surface area contributed by atoms with E-state index < -0.39 is 5.92 Å². The van der Waals surface area contributed by atoms with Crippen molar-refractivity contribution in [3.63, 3.8) is 0 Å². The van der Waals surface area contributed by atoms with Gasteiger partial charge in [-0.05, 0) is 48.7 Å². The molecule has 1 aliphatic heterocycles. The molecule has 0 aliphatic carbocycles. The van der Waals surface area contributed by atoms with Crippen LogP contribution in [-0.2, 0) is 0 Å². The summed E-state index contributed by atoms with van der Waals surface area (Å²) in [5.41, 5.74) is 13.3. The molecule has 1 unspecified atom stereocenters. The van der Waals surface area contributed by atoms with Gasteiger partial charge in [0.05, 0.1) is 22.7 Å². The van der Waals surface area contributed by atoms with E-state index in [-0.39, 0.29) is 5.88 Å². The lowest BCUT2D eigenvalue weighted by molar-refractivity contribution is 0.379. The molecule has 6 nitrogen and oxygen atoms in total. The van der Waals surface area contributed by atoms with Gasteiger partial charge in [-0.15, -0.1) is 5.10 Å². The summed E-state index contributed by atoms with van der Waals surface area (Å²) in [5.74, 6) is 0.0571. The molecule has 0 amide bonds. The van der Waals surface area contributed by atoms with Crippen molar-refractivity contribution in [1.29, 1.82) is 5.26 Å². The van der Waals surface area contributed by atoms with Gasteiger partial charge in [0.15, 0.2) is 0 Å². The molecule has 5 rings (SSSR count). The average molecular weight is 393 g/mol. The van der Waals surface area contributed by atoms with E-state index in [4.69, 9.17) is 10.5 Å². The molecule has 2 aromatic carbocycles. The number of pyridine rings is 1. The van der Waals surface area contributed by atoms with Gasteiger partial charge >= 0.3 is 0 Å². The summed E-state index contributed by atoms with van der Waals surface area (Å²) >= 11 is 0. The smallest absolute Gasteiger partial charge is 0.244 e. The van der Waals surface area contributed by atoms with Crippen LogP contribution < -0.4 is 10.5 Å². The molecule has 0 spiro atoms. The number of nitrogens with one attached hydrogen (secondary N) is 1. The summed E-state index contributed by atoms with van der Waals surface area (Å²) in [6, 6.07) is 18.3. The molecular weight excluding hydrogens is 374 g/mol. The van der Waals surface area contributed by atoms with Gasteiger partial charge in [-0.3, -0.25) is 10.1 Å². The molecule has 3 N–H and O–H groups in total. The Bertz CT molecular complexity index is 1370. The first-order valence-electron chi connectivity index (χ1n) is 9.65. The first-order valence-corrected chi connectivity index (χ1v) is 9.65. The number of aryl methyl sites for hydroxylation is 2. The molecule has 4 aromatic rings. The van der Waals surface area contributed by atoms with Crippen LogP contribution in [0.2, 0.25) is 0 Å². The van der Waals surface area contributed by atoms with Gasteiger partial charge in [0, 0.05) is 17.1 Å². The van der Waals surface area contributed by atoms with Crippen LogP contribution in [0.1, 0.15) is 28.2 Å². The van der Waals surface area contributed by atoms with Crippen molar-refractivity contribution >= 4 is 10.9 Å². The highest BCUT2D eigenvalue weighted by atomic mass is 16.5. The van der Waals surface area contributed by atoms with Gasteiger partial charge in [-0.2, -0.15) is 5.26 Å². The zero-order valence-corrected chi connectivity index (χ0v) is 16.6. The maximum Gasteiger partial charge on any atom is 0.244 e. The van der Waals surface area contributed by atoms with Crippen molar-refractivity contribution in [3.8, 4) is 23.2 Å². The summed E-state index contributed by atoms with van der Waals surface area (Å²) in [6.45, 7) is 4.15. The molecule has 0 bridgehead atoms. The minimum absolute atomic E-state index is 0.0778. The highest BCUT2D eigenvalue weighted by molar-refractivity contribution is 5.85. The lowest BCUT2D eigenvalue weighted by atomic mass is 9.81. The van der Waals surface area contributed by atoms with E-state index in [9.17, 15) is 5.26 Å². The molecule has 6 heteroatoms. The van der Waals surface area contributed by atoms with Crippen molar-refractivity contribution in [1.82, 2.24) is 15.2 Å². The second kappa shape index (κ2) is 6.75. The zero-order valence-electron chi connectivity index (χ0n) is 16.6. The Balaban J connectivity index is 1.80. The van der Waals surface area contributed by atoms with Crippen LogP contribution in [0.25, 0.3) is 22.2 Å². The lowest BCUT2D eigenvalue weighted by Crippen LogP contribution is -2.21. The Morgan fingerprint density at radius 2 is 1.93 bits per heavy atom. The third-order valence-corrected chi connectivity index (χ3v) is 5.73. The number of hydrogen-bond acceptors (Lipinski definition) is 5. The van der Waals surface area contributed by atoms with E-state index in [2.05, 4.69) is 47.2 Å².